The van der Waals surface area contributed by atoms with Gasteiger partial charge in [0.2, 0.25) is 0 Å². The first-order chi connectivity index (χ1) is 12.8. The average Bonchev–Trinajstić information content (AvgIpc) is 3.07. The molecule has 27 heavy (non-hydrogen) atoms. The van der Waals surface area contributed by atoms with Gasteiger partial charge in [-0.15, -0.1) is 0 Å². The number of carbonyl (C=O) groups excluding carboxylic acids is 1. The lowest BCUT2D eigenvalue weighted by atomic mass is 10.2. The van der Waals surface area contributed by atoms with E-state index in [9.17, 15) is 18.0 Å². The molecule has 1 fully saturated rings. The fraction of sp³-hybridized carbons (Fsp3) is 0.471. The van der Waals surface area contributed by atoms with Gasteiger partial charge in [0.1, 0.15) is 12.4 Å². The summed E-state index contributed by atoms with van der Waals surface area (Å²) in [5.41, 5.74) is 0.947. The summed E-state index contributed by atoms with van der Waals surface area (Å²) in [6.07, 6.45) is -0.452. The third-order valence-corrected chi connectivity index (χ3v) is 4.35. The van der Waals surface area contributed by atoms with Gasteiger partial charge >= 0.3 is 6.18 Å². The Hall–Kier alpha value is -2.62. The van der Waals surface area contributed by atoms with Crippen molar-refractivity contribution in [2.75, 3.05) is 38.1 Å². The summed E-state index contributed by atoms with van der Waals surface area (Å²) in [5.74, 6) is 0.343. The topological polar surface area (TPSA) is 66.3 Å². The molecule has 2 aromatic heterocycles. The summed E-state index contributed by atoms with van der Waals surface area (Å²) in [6, 6.07) is 3.68. The Morgan fingerprint density at radius 3 is 2.70 bits per heavy atom. The normalized spacial score (nSPS) is 15.8. The Morgan fingerprint density at radius 1 is 1.26 bits per heavy atom. The largest absolute Gasteiger partial charge is 0.408 e. The van der Waals surface area contributed by atoms with Gasteiger partial charge in [0.05, 0.1) is 11.8 Å². The van der Waals surface area contributed by atoms with Crippen LogP contribution in [0.25, 0.3) is 0 Å². The maximum atomic E-state index is 12.4. The Kier molecular flexibility index (Phi) is 5.64. The van der Waals surface area contributed by atoms with Crippen molar-refractivity contribution in [2.45, 2.75) is 19.3 Å². The van der Waals surface area contributed by atoms with Gasteiger partial charge in [-0.05, 0) is 13.1 Å². The van der Waals surface area contributed by atoms with E-state index in [0.29, 0.717) is 4.68 Å². The van der Waals surface area contributed by atoms with Crippen LogP contribution in [0.15, 0.2) is 30.7 Å². The Bertz CT molecular complexity index is 783. The highest BCUT2D eigenvalue weighted by Crippen LogP contribution is 2.19. The quantitative estimate of drug-likeness (QED) is 0.850. The number of pyridine rings is 1. The Balaban J connectivity index is 1.62. The van der Waals surface area contributed by atoms with E-state index in [1.54, 1.807) is 12.3 Å². The van der Waals surface area contributed by atoms with Crippen LogP contribution in [-0.2, 0) is 13.1 Å². The monoisotopic (exact) mass is 382 g/mol. The molecule has 3 heterocycles. The zero-order chi connectivity index (χ0) is 19.4. The number of hydrogen-bond donors (Lipinski definition) is 1. The molecule has 7 nitrogen and oxygen atoms in total. The molecule has 0 radical (unpaired) electrons. The number of piperazine rings is 1. The number of carbonyl (C=O) groups is 1. The van der Waals surface area contributed by atoms with Crippen LogP contribution in [0.5, 0.6) is 0 Å². The van der Waals surface area contributed by atoms with Crippen molar-refractivity contribution in [3.8, 4) is 0 Å². The summed E-state index contributed by atoms with van der Waals surface area (Å²) >= 11 is 0. The number of nitrogens with one attached hydrogen (secondary N) is 1. The Morgan fingerprint density at radius 2 is 2.00 bits per heavy atom. The summed E-state index contributed by atoms with van der Waals surface area (Å²) in [5, 5.41) is 6.32. The molecular formula is C17H21F3N6O. The predicted octanol–water partition coefficient (Wildman–Crippen LogP) is 1.52. The van der Waals surface area contributed by atoms with E-state index in [1.807, 2.05) is 6.07 Å². The van der Waals surface area contributed by atoms with Gasteiger partial charge in [-0.1, -0.05) is 6.07 Å². The van der Waals surface area contributed by atoms with Crippen molar-refractivity contribution in [3.63, 3.8) is 0 Å². The molecule has 0 aromatic carbocycles. The molecule has 2 aromatic rings. The van der Waals surface area contributed by atoms with Crippen molar-refractivity contribution in [1.29, 1.82) is 0 Å². The molecule has 3 rings (SSSR count). The Labute approximate surface area is 154 Å². The number of alkyl halides is 3. The van der Waals surface area contributed by atoms with Gasteiger partial charge in [-0.25, -0.2) is 4.98 Å². The molecule has 10 heteroatoms. The summed E-state index contributed by atoms with van der Waals surface area (Å²) < 4.78 is 37.9. The first kappa shape index (κ1) is 19.2. The third kappa shape index (κ3) is 5.19. The van der Waals surface area contributed by atoms with Gasteiger partial charge in [-0.2, -0.15) is 18.3 Å². The van der Waals surface area contributed by atoms with E-state index in [1.165, 1.54) is 0 Å². The van der Waals surface area contributed by atoms with E-state index >= 15 is 0 Å². The first-order valence-electron chi connectivity index (χ1n) is 8.56. The van der Waals surface area contributed by atoms with Crippen LogP contribution < -0.4 is 10.2 Å². The van der Waals surface area contributed by atoms with E-state index < -0.39 is 18.6 Å². The number of anilines is 1. The van der Waals surface area contributed by atoms with E-state index in [4.69, 9.17) is 0 Å². The van der Waals surface area contributed by atoms with Gasteiger partial charge in [0.15, 0.2) is 0 Å². The maximum Gasteiger partial charge on any atom is 0.408 e. The van der Waals surface area contributed by atoms with E-state index in [-0.39, 0.29) is 12.1 Å². The van der Waals surface area contributed by atoms with Gasteiger partial charge in [0.25, 0.3) is 5.91 Å². The van der Waals surface area contributed by atoms with Gasteiger partial charge in [-0.3, -0.25) is 9.48 Å². The smallest absolute Gasteiger partial charge is 0.354 e. The minimum Gasteiger partial charge on any atom is -0.354 e. The standard InChI is InChI=1S/C17H21F3N6O/c1-24-5-7-25(8-6-24)15-13(3-2-4-21-15)9-22-16(27)14-10-23-26(11-14)12-17(18,19)20/h2-4,10-11H,5-9,12H2,1H3,(H,22,27). The fourth-order valence-electron chi connectivity index (χ4n) is 2.90. The van der Waals surface area contributed by atoms with Crippen molar-refractivity contribution in [1.82, 2.24) is 25.0 Å². The molecule has 1 saturated heterocycles. The first-order valence-corrected chi connectivity index (χ1v) is 8.56. The zero-order valence-electron chi connectivity index (χ0n) is 14.9. The van der Waals surface area contributed by atoms with Crippen LogP contribution >= 0.6 is 0 Å². The molecule has 1 N–H and O–H groups in total. The number of likely N-dealkylation sites (N-methyl/N-ethyl adjacent to an activating group) is 1. The lowest BCUT2D eigenvalue weighted by Crippen LogP contribution is -2.45. The van der Waals surface area contributed by atoms with Crippen LogP contribution in [0.3, 0.4) is 0 Å². The minimum atomic E-state index is -4.38. The lowest BCUT2D eigenvalue weighted by Gasteiger charge is -2.34. The van der Waals surface area contributed by atoms with Crippen molar-refractivity contribution in [3.05, 3.63) is 41.9 Å². The number of rotatable bonds is 5. The van der Waals surface area contributed by atoms with Crippen LogP contribution in [-0.4, -0.2) is 65.0 Å². The maximum absolute atomic E-state index is 12.4. The number of nitrogens with zero attached hydrogens (tertiary/aromatic N) is 5. The highest BCUT2D eigenvalue weighted by molar-refractivity contribution is 5.93. The molecule has 0 saturated carbocycles. The van der Waals surface area contributed by atoms with Crippen molar-refractivity contribution >= 4 is 11.7 Å². The molecule has 0 aliphatic carbocycles. The second-order valence-corrected chi connectivity index (χ2v) is 6.50. The fourth-order valence-corrected chi connectivity index (χ4v) is 2.90. The zero-order valence-corrected chi connectivity index (χ0v) is 14.9. The van der Waals surface area contributed by atoms with E-state index in [0.717, 1.165) is 50.0 Å². The summed E-state index contributed by atoms with van der Waals surface area (Å²) in [6.45, 7) is 2.56. The second kappa shape index (κ2) is 7.95. The van der Waals surface area contributed by atoms with Gasteiger partial charge < -0.3 is 15.1 Å². The summed E-state index contributed by atoms with van der Waals surface area (Å²) in [7, 11) is 2.07. The highest BCUT2D eigenvalue weighted by Gasteiger charge is 2.28. The van der Waals surface area contributed by atoms with Crippen LogP contribution in [0.2, 0.25) is 0 Å². The predicted molar refractivity (Wildman–Crippen MR) is 93.4 cm³/mol. The molecular weight excluding hydrogens is 361 g/mol. The molecule has 0 spiro atoms. The SMILES string of the molecule is CN1CCN(c2ncccc2CNC(=O)c2cnn(CC(F)(F)F)c2)CC1. The second-order valence-electron chi connectivity index (χ2n) is 6.50. The number of hydrogen-bond acceptors (Lipinski definition) is 5. The van der Waals surface area contributed by atoms with Crippen LogP contribution in [0, 0.1) is 0 Å². The molecule has 0 unspecified atom stereocenters. The molecule has 0 atom stereocenters. The minimum absolute atomic E-state index is 0.0873. The third-order valence-electron chi connectivity index (χ3n) is 4.35. The average molecular weight is 382 g/mol. The summed E-state index contributed by atoms with van der Waals surface area (Å²) in [4.78, 5) is 21.1. The number of amides is 1. The van der Waals surface area contributed by atoms with Crippen molar-refractivity contribution < 1.29 is 18.0 Å². The highest BCUT2D eigenvalue weighted by atomic mass is 19.4. The van der Waals surface area contributed by atoms with E-state index in [2.05, 4.69) is 32.2 Å². The molecule has 1 amide bonds. The van der Waals surface area contributed by atoms with Crippen LogP contribution in [0.4, 0.5) is 19.0 Å². The van der Waals surface area contributed by atoms with Crippen molar-refractivity contribution in [2.24, 2.45) is 0 Å². The molecule has 0 bridgehead atoms. The van der Waals surface area contributed by atoms with Crippen LogP contribution in [0.1, 0.15) is 15.9 Å². The molecule has 146 valence electrons. The number of aromatic nitrogens is 3. The lowest BCUT2D eigenvalue weighted by molar-refractivity contribution is -0.142. The molecule has 1 aliphatic rings. The molecule has 1 aliphatic heterocycles. The van der Waals surface area contributed by atoms with Gasteiger partial charge in [0, 0.05) is 50.7 Å². The number of halogens is 3.